The second-order valence-electron chi connectivity index (χ2n) is 3.95. The highest BCUT2D eigenvalue weighted by atomic mass is 32.2. The highest BCUT2D eigenvalue weighted by Gasteiger charge is 2.03. The zero-order chi connectivity index (χ0) is 14.3. The maximum absolute atomic E-state index is 11.5. The molecule has 19 heavy (non-hydrogen) atoms. The molecule has 0 saturated carbocycles. The van der Waals surface area contributed by atoms with E-state index in [1.807, 2.05) is 6.07 Å². The lowest BCUT2D eigenvalue weighted by atomic mass is 10.2. The van der Waals surface area contributed by atoms with Crippen LogP contribution in [0, 0.1) is 0 Å². The summed E-state index contributed by atoms with van der Waals surface area (Å²) in [7, 11) is -3.23. The molecule has 0 aliphatic rings. The quantitative estimate of drug-likeness (QED) is 0.543. The number of benzene rings is 1. The van der Waals surface area contributed by atoms with Crippen LogP contribution in [0.15, 0.2) is 24.3 Å². The summed E-state index contributed by atoms with van der Waals surface area (Å²) in [6.45, 7) is 0.750. The van der Waals surface area contributed by atoms with Crippen LogP contribution in [0.2, 0.25) is 0 Å². The Morgan fingerprint density at radius 1 is 1.32 bits per heavy atom. The summed E-state index contributed by atoms with van der Waals surface area (Å²) >= 11 is 0. The predicted octanol–water partition coefficient (Wildman–Crippen LogP) is -0.184. The average molecular weight is 286 g/mol. The lowest BCUT2D eigenvalue weighted by Crippen LogP contribution is -2.36. The SMILES string of the molecule is CS(=O)(=O)NCCNC(=O)Nc1cccc(CN)c1. The van der Waals surface area contributed by atoms with Crippen LogP contribution in [0.1, 0.15) is 5.56 Å². The Kier molecular flexibility index (Phi) is 5.74. The third-order valence-corrected chi connectivity index (χ3v) is 2.92. The predicted molar refractivity (Wildman–Crippen MR) is 74.2 cm³/mol. The minimum atomic E-state index is -3.23. The van der Waals surface area contributed by atoms with E-state index in [1.54, 1.807) is 18.2 Å². The molecule has 0 heterocycles. The zero-order valence-electron chi connectivity index (χ0n) is 10.6. The van der Waals surface area contributed by atoms with E-state index in [0.717, 1.165) is 11.8 Å². The number of sulfonamides is 1. The molecule has 0 unspecified atom stereocenters. The Labute approximate surface area is 112 Å². The van der Waals surface area contributed by atoms with Gasteiger partial charge in [-0.15, -0.1) is 0 Å². The normalized spacial score (nSPS) is 11.1. The topological polar surface area (TPSA) is 113 Å². The lowest BCUT2D eigenvalue weighted by molar-refractivity contribution is 0.252. The molecule has 0 radical (unpaired) electrons. The minimum Gasteiger partial charge on any atom is -0.337 e. The number of nitrogens with one attached hydrogen (secondary N) is 3. The maximum atomic E-state index is 11.5. The number of hydrogen-bond acceptors (Lipinski definition) is 4. The van der Waals surface area contributed by atoms with E-state index in [0.29, 0.717) is 12.2 Å². The van der Waals surface area contributed by atoms with Crippen molar-refractivity contribution < 1.29 is 13.2 Å². The number of carbonyl (C=O) groups excluding carboxylic acids is 1. The van der Waals surface area contributed by atoms with Gasteiger partial charge in [-0.2, -0.15) is 0 Å². The second kappa shape index (κ2) is 7.07. The van der Waals surface area contributed by atoms with Crippen molar-refractivity contribution >= 4 is 21.7 Å². The van der Waals surface area contributed by atoms with Crippen LogP contribution in [0.5, 0.6) is 0 Å². The Hall–Kier alpha value is -1.64. The fourth-order valence-electron chi connectivity index (χ4n) is 1.36. The molecule has 1 aromatic rings. The zero-order valence-corrected chi connectivity index (χ0v) is 11.5. The van der Waals surface area contributed by atoms with E-state index in [4.69, 9.17) is 5.73 Å². The first-order valence-electron chi connectivity index (χ1n) is 5.69. The first-order valence-corrected chi connectivity index (χ1v) is 7.58. The largest absolute Gasteiger partial charge is 0.337 e. The molecular formula is C11H18N4O3S. The Bertz CT molecular complexity index is 530. The van der Waals surface area contributed by atoms with Crippen molar-refractivity contribution in [1.82, 2.24) is 10.0 Å². The van der Waals surface area contributed by atoms with Crippen molar-refractivity contribution in [3.8, 4) is 0 Å². The highest BCUT2D eigenvalue weighted by molar-refractivity contribution is 7.88. The van der Waals surface area contributed by atoms with Gasteiger partial charge in [0.25, 0.3) is 0 Å². The molecule has 0 fully saturated rings. The first-order chi connectivity index (χ1) is 8.90. The van der Waals surface area contributed by atoms with Gasteiger partial charge in [0.1, 0.15) is 0 Å². The van der Waals surface area contributed by atoms with Gasteiger partial charge in [0.15, 0.2) is 0 Å². The van der Waals surface area contributed by atoms with Gasteiger partial charge in [0.05, 0.1) is 6.26 Å². The summed E-state index contributed by atoms with van der Waals surface area (Å²) in [5.41, 5.74) is 7.04. The summed E-state index contributed by atoms with van der Waals surface area (Å²) in [4.78, 5) is 11.5. The summed E-state index contributed by atoms with van der Waals surface area (Å²) < 4.78 is 23.8. The lowest BCUT2D eigenvalue weighted by Gasteiger charge is -2.08. The fraction of sp³-hybridized carbons (Fsp3) is 0.364. The van der Waals surface area contributed by atoms with Gasteiger partial charge in [-0.25, -0.2) is 17.9 Å². The molecule has 0 aliphatic heterocycles. The van der Waals surface area contributed by atoms with Crippen LogP contribution in [-0.4, -0.2) is 33.8 Å². The molecule has 0 aliphatic carbocycles. The number of urea groups is 1. The second-order valence-corrected chi connectivity index (χ2v) is 5.78. The van der Waals surface area contributed by atoms with Crippen LogP contribution in [0.3, 0.4) is 0 Å². The van der Waals surface area contributed by atoms with Gasteiger partial charge in [0, 0.05) is 25.3 Å². The van der Waals surface area contributed by atoms with E-state index in [2.05, 4.69) is 15.4 Å². The standard InChI is InChI=1S/C11H18N4O3S/c1-19(17,18)14-6-5-13-11(16)15-10-4-2-3-9(7-10)8-12/h2-4,7,14H,5-6,8,12H2,1H3,(H2,13,15,16). The molecule has 1 aromatic carbocycles. The number of rotatable bonds is 6. The molecule has 2 amide bonds. The summed E-state index contributed by atoms with van der Waals surface area (Å²) in [5.74, 6) is 0. The van der Waals surface area contributed by atoms with E-state index < -0.39 is 16.1 Å². The van der Waals surface area contributed by atoms with E-state index in [9.17, 15) is 13.2 Å². The summed E-state index contributed by atoms with van der Waals surface area (Å²) in [6, 6.07) is 6.77. The minimum absolute atomic E-state index is 0.148. The third kappa shape index (κ3) is 6.75. The highest BCUT2D eigenvalue weighted by Crippen LogP contribution is 2.09. The smallest absolute Gasteiger partial charge is 0.319 e. The Morgan fingerprint density at radius 2 is 2.05 bits per heavy atom. The van der Waals surface area contributed by atoms with Crippen molar-refractivity contribution in [1.29, 1.82) is 0 Å². The van der Waals surface area contributed by atoms with Crippen LogP contribution in [0.4, 0.5) is 10.5 Å². The average Bonchev–Trinajstić information content (AvgIpc) is 2.34. The van der Waals surface area contributed by atoms with Crippen molar-refractivity contribution in [2.75, 3.05) is 24.7 Å². The van der Waals surface area contributed by atoms with Gasteiger partial charge in [-0.1, -0.05) is 12.1 Å². The van der Waals surface area contributed by atoms with Crippen LogP contribution in [-0.2, 0) is 16.6 Å². The number of amides is 2. The van der Waals surface area contributed by atoms with Crippen molar-refractivity contribution in [2.24, 2.45) is 5.73 Å². The van der Waals surface area contributed by atoms with Crippen molar-refractivity contribution in [3.63, 3.8) is 0 Å². The fourth-order valence-corrected chi connectivity index (χ4v) is 1.84. The molecule has 5 N–H and O–H groups in total. The van der Waals surface area contributed by atoms with E-state index >= 15 is 0 Å². The van der Waals surface area contributed by atoms with E-state index in [-0.39, 0.29) is 13.1 Å². The molecule has 7 nitrogen and oxygen atoms in total. The Morgan fingerprint density at radius 3 is 2.68 bits per heavy atom. The molecule has 8 heteroatoms. The number of anilines is 1. The first kappa shape index (κ1) is 15.4. The number of carbonyl (C=O) groups is 1. The summed E-state index contributed by atoms with van der Waals surface area (Å²) in [5, 5.41) is 5.16. The van der Waals surface area contributed by atoms with Gasteiger partial charge < -0.3 is 16.4 Å². The van der Waals surface area contributed by atoms with Gasteiger partial charge >= 0.3 is 6.03 Å². The van der Waals surface area contributed by atoms with Crippen LogP contribution >= 0.6 is 0 Å². The monoisotopic (exact) mass is 286 g/mol. The van der Waals surface area contributed by atoms with Gasteiger partial charge in [-0.05, 0) is 17.7 Å². The van der Waals surface area contributed by atoms with Gasteiger partial charge in [0.2, 0.25) is 10.0 Å². The maximum Gasteiger partial charge on any atom is 0.319 e. The molecule has 106 valence electrons. The summed E-state index contributed by atoms with van der Waals surface area (Å²) in [6.07, 6.45) is 1.06. The van der Waals surface area contributed by atoms with Crippen molar-refractivity contribution in [3.05, 3.63) is 29.8 Å². The molecule has 0 aromatic heterocycles. The molecule has 0 spiro atoms. The molecule has 0 saturated heterocycles. The van der Waals surface area contributed by atoms with Crippen LogP contribution in [0.25, 0.3) is 0 Å². The van der Waals surface area contributed by atoms with Gasteiger partial charge in [-0.3, -0.25) is 0 Å². The van der Waals surface area contributed by atoms with Crippen LogP contribution < -0.4 is 21.1 Å². The van der Waals surface area contributed by atoms with E-state index in [1.165, 1.54) is 0 Å². The Balaban J connectivity index is 2.34. The molecular weight excluding hydrogens is 268 g/mol. The molecule has 0 bridgehead atoms. The number of nitrogens with two attached hydrogens (primary N) is 1. The third-order valence-electron chi connectivity index (χ3n) is 2.20. The molecule has 1 rings (SSSR count). The van der Waals surface area contributed by atoms with Crippen molar-refractivity contribution in [2.45, 2.75) is 6.54 Å². The number of hydrogen-bond donors (Lipinski definition) is 4. The molecule has 0 atom stereocenters.